The van der Waals surface area contributed by atoms with Crippen molar-refractivity contribution in [1.82, 2.24) is 30.3 Å². The standard InChI is InChI=1S/C40H42N6O7S2/c47-35-28-20-26(53-38-34(33-15-9-19-54-33)42-30-12-6-7-13-31(30)44-38)21-29(28)37(49)45-40(39(50)46-55(51,52)27-16-17-27)22-25(40)11-4-2-1-3-5-14-32(35)43-36(48)24-10-8-18-41-23-24/h4,6-13,15,18-19,23,25-29,32H,1-3,5,14,16-17,20-22H2,(H,43,48)(H,45,49)(H,46,50)/b11-4-/t25?,26-,28?,29+,32+,40+/m0/s1. The van der Waals surface area contributed by atoms with Crippen LogP contribution >= 0.6 is 11.3 Å². The van der Waals surface area contributed by atoms with Crippen molar-refractivity contribution in [3.63, 3.8) is 0 Å². The Balaban J connectivity index is 1.12. The van der Waals surface area contributed by atoms with Gasteiger partial charge in [0, 0.05) is 24.2 Å². The van der Waals surface area contributed by atoms with Gasteiger partial charge in [-0.3, -0.25) is 28.9 Å². The molecule has 6 atom stereocenters. The minimum absolute atomic E-state index is 0.114. The van der Waals surface area contributed by atoms with E-state index in [-0.39, 0.29) is 30.9 Å². The summed E-state index contributed by atoms with van der Waals surface area (Å²) in [6.45, 7) is 0. The molecule has 1 aliphatic heterocycles. The van der Waals surface area contributed by atoms with E-state index in [1.807, 2.05) is 53.9 Å². The Labute approximate surface area is 322 Å². The van der Waals surface area contributed by atoms with Crippen molar-refractivity contribution >= 4 is 55.9 Å². The molecule has 3 fully saturated rings. The Hall–Kier alpha value is -5.02. The van der Waals surface area contributed by atoms with E-state index in [4.69, 9.17) is 14.7 Å². The molecule has 1 aromatic carbocycles. The van der Waals surface area contributed by atoms with Gasteiger partial charge in [-0.05, 0) is 87.1 Å². The number of aromatic nitrogens is 3. The number of fused-ring (bicyclic) bond motifs is 3. The fourth-order valence-electron chi connectivity index (χ4n) is 7.80. The summed E-state index contributed by atoms with van der Waals surface area (Å²) in [4.78, 5) is 71.0. The molecule has 3 saturated carbocycles. The van der Waals surface area contributed by atoms with Gasteiger partial charge >= 0.3 is 0 Å². The van der Waals surface area contributed by atoms with Crippen LogP contribution in [-0.2, 0) is 24.4 Å². The van der Waals surface area contributed by atoms with Crippen LogP contribution in [0.1, 0.15) is 74.6 Å². The minimum atomic E-state index is -3.89. The van der Waals surface area contributed by atoms with Crippen molar-refractivity contribution < 1.29 is 32.3 Å². The number of para-hydroxylation sites is 2. The van der Waals surface area contributed by atoms with Gasteiger partial charge in [0.1, 0.15) is 17.3 Å². The number of nitrogens with one attached hydrogen (secondary N) is 3. The lowest BCUT2D eigenvalue weighted by Crippen LogP contribution is -2.54. The van der Waals surface area contributed by atoms with Crippen LogP contribution < -0.4 is 20.1 Å². The summed E-state index contributed by atoms with van der Waals surface area (Å²) in [6.07, 6.45) is 11.0. The average molecular weight is 783 g/mol. The predicted molar refractivity (Wildman–Crippen MR) is 205 cm³/mol. The number of hydrogen-bond acceptors (Lipinski definition) is 11. The first-order valence-electron chi connectivity index (χ1n) is 18.9. The molecule has 13 nitrogen and oxygen atoms in total. The molecule has 15 heteroatoms. The average Bonchev–Trinajstić information content (AvgIpc) is 4.05. The van der Waals surface area contributed by atoms with Gasteiger partial charge in [-0.25, -0.2) is 18.4 Å². The molecule has 55 heavy (non-hydrogen) atoms. The highest BCUT2D eigenvalue weighted by Crippen LogP contribution is 2.47. The van der Waals surface area contributed by atoms with Crippen LogP contribution in [0, 0.1) is 17.8 Å². The Bertz CT molecular complexity index is 2250. The quantitative estimate of drug-likeness (QED) is 0.208. The second-order valence-corrected chi connectivity index (χ2v) is 17.9. The number of carbonyl (C=O) groups excluding carboxylic acids is 4. The van der Waals surface area contributed by atoms with Crippen LogP contribution in [0.15, 0.2) is 78.5 Å². The van der Waals surface area contributed by atoms with Crippen LogP contribution in [0.25, 0.3) is 21.6 Å². The number of allylic oxidation sites excluding steroid dienone is 1. The topological polar surface area (TPSA) is 186 Å². The van der Waals surface area contributed by atoms with Crippen LogP contribution in [0.3, 0.4) is 0 Å². The largest absolute Gasteiger partial charge is 0.473 e. The van der Waals surface area contributed by atoms with Gasteiger partial charge in [0.05, 0.1) is 38.7 Å². The lowest BCUT2D eigenvalue weighted by atomic mass is 9.85. The molecule has 0 saturated heterocycles. The zero-order valence-electron chi connectivity index (χ0n) is 30.1. The zero-order chi connectivity index (χ0) is 38.2. The van der Waals surface area contributed by atoms with Crippen molar-refractivity contribution in [2.45, 2.75) is 87.1 Å². The Kier molecular flexibility index (Phi) is 10.2. The normalized spacial score (nSPS) is 27.7. The molecule has 2 unspecified atom stereocenters. The fourth-order valence-corrected chi connectivity index (χ4v) is 9.87. The number of rotatable bonds is 8. The molecule has 3 N–H and O–H groups in total. The maximum absolute atomic E-state index is 14.7. The third kappa shape index (κ3) is 7.90. The molecule has 4 aromatic rings. The van der Waals surface area contributed by atoms with Gasteiger partial charge in [0.2, 0.25) is 21.8 Å². The fraction of sp³-hybridized carbons (Fsp3) is 0.425. The third-order valence-corrected chi connectivity index (χ3v) is 13.8. The second kappa shape index (κ2) is 15.3. The van der Waals surface area contributed by atoms with Crippen LogP contribution in [-0.4, -0.2) is 69.8 Å². The highest BCUT2D eigenvalue weighted by atomic mass is 32.2. The van der Waals surface area contributed by atoms with Crippen LogP contribution in [0.4, 0.5) is 0 Å². The summed E-state index contributed by atoms with van der Waals surface area (Å²) in [5, 5.41) is 7.18. The molecular weight excluding hydrogens is 741 g/mol. The summed E-state index contributed by atoms with van der Waals surface area (Å²) >= 11 is 1.49. The van der Waals surface area contributed by atoms with Crippen molar-refractivity contribution in [1.29, 1.82) is 0 Å². The smallest absolute Gasteiger partial charge is 0.259 e. The molecule has 286 valence electrons. The number of Topliss-reactive ketones (excluding diaryl/α,β-unsaturated/α-hetero) is 1. The molecule has 3 amide bonds. The Morgan fingerprint density at radius 3 is 2.47 bits per heavy atom. The van der Waals surface area contributed by atoms with E-state index in [1.54, 1.807) is 18.3 Å². The van der Waals surface area contributed by atoms with E-state index >= 15 is 0 Å². The SMILES string of the molecule is O=C(N[C@@H]1CCCCC/C=C\C2C[C@@]2(C(=O)NS(=O)(=O)C2CC2)NC(=O)[C@@H]2C[C@@H](Oc3nc4ccccc4nc3-c3cccs3)CC2C1=O)c1cccnc1. The molecule has 8 rings (SSSR count). The maximum atomic E-state index is 14.7. The summed E-state index contributed by atoms with van der Waals surface area (Å²) in [5.74, 6) is -4.04. The lowest BCUT2D eigenvalue weighted by molar-refractivity contribution is -0.136. The van der Waals surface area contributed by atoms with Crippen LogP contribution in [0.5, 0.6) is 5.88 Å². The zero-order valence-corrected chi connectivity index (χ0v) is 31.7. The van der Waals surface area contributed by atoms with Crippen molar-refractivity contribution in [3.05, 3.63) is 84.0 Å². The maximum Gasteiger partial charge on any atom is 0.259 e. The number of thiophene rings is 1. The van der Waals surface area contributed by atoms with Crippen LogP contribution in [0.2, 0.25) is 0 Å². The number of pyridine rings is 1. The first kappa shape index (κ1) is 36.9. The van der Waals surface area contributed by atoms with Crippen molar-refractivity contribution in [2.24, 2.45) is 17.8 Å². The van der Waals surface area contributed by atoms with Gasteiger partial charge in [-0.15, -0.1) is 11.3 Å². The number of amides is 3. The summed E-state index contributed by atoms with van der Waals surface area (Å²) < 4.78 is 34.6. The van der Waals surface area contributed by atoms with E-state index in [0.29, 0.717) is 54.4 Å². The van der Waals surface area contributed by atoms with E-state index in [0.717, 1.165) is 17.7 Å². The predicted octanol–water partition coefficient (Wildman–Crippen LogP) is 4.90. The summed E-state index contributed by atoms with van der Waals surface area (Å²) in [5.41, 5.74) is 0.686. The molecule has 0 bridgehead atoms. The van der Waals surface area contributed by atoms with Gasteiger partial charge in [0.25, 0.3) is 11.8 Å². The highest BCUT2D eigenvalue weighted by Gasteiger charge is 2.62. The summed E-state index contributed by atoms with van der Waals surface area (Å²) in [7, 11) is -3.89. The Morgan fingerprint density at radius 1 is 0.927 bits per heavy atom. The first-order valence-corrected chi connectivity index (χ1v) is 21.3. The molecule has 0 radical (unpaired) electrons. The van der Waals surface area contributed by atoms with E-state index in [9.17, 15) is 27.6 Å². The number of sulfonamides is 1. The number of benzene rings is 1. The number of carbonyl (C=O) groups is 4. The summed E-state index contributed by atoms with van der Waals surface area (Å²) in [6, 6.07) is 13.6. The van der Waals surface area contributed by atoms with Gasteiger partial charge < -0.3 is 15.4 Å². The van der Waals surface area contributed by atoms with Gasteiger partial charge in [-0.1, -0.05) is 43.2 Å². The molecule has 4 aliphatic rings. The van der Waals surface area contributed by atoms with Crippen molar-refractivity contribution in [3.8, 4) is 16.5 Å². The number of ketones is 1. The molecule has 0 spiro atoms. The minimum Gasteiger partial charge on any atom is -0.473 e. The molecular formula is C40H42N6O7S2. The molecule has 3 aliphatic carbocycles. The molecule has 3 aromatic heterocycles. The van der Waals surface area contributed by atoms with E-state index < -0.39 is 68.4 Å². The second-order valence-electron chi connectivity index (χ2n) is 15.0. The number of ether oxygens (including phenoxy) is 1. The molecule has 4 heterocycles. The monoisotopic (exact) mass is 782 g/mol. The number of hydrogen-bond donors (Lipinski definition) is 3. The van der Waals surface area contributed by atoms with E-state index in [2.05, 4.69) is 20.3 Å². The van der Waals surface area contributed by atoms with E-state index in [1.165, 1.54) is 17.5 Å². The highest BCUT2D eigenvalue weighted by molar-refractivity contribution is 7.91. The first-order chi connectivity index (χ1) is 26.6. The van der Waals surface area contributed by atoms with Crippen molar-refractivity contribution in [2.75, 3.05) is 0 Å². The number of nitrogens with zero attached hydrogens (tertiary/aromatic N) is 3. The Morgan fingerprint density at radius 2 is 1.73 bits per heavy atom. The van der Waals surface area contributed by atoms with Gasteiger partial charge in [-0.2, -0.15) is 0 Å². The lowest BCUT2D eigenvalue weighted by Gasteiger charge is -2.26. The van der Waals surface area contributed by atoms with Gasteiger partial charge in [0.15, 0.2) is 5.78 Å². The third-order valence-electron chi connectivity index (χ3n) is 11.1.